The van der Waals surface area contributed by atoms with Crippen LogP contribution in [0.1, 0.15) is 22.9 Å². The van der Waals surface area contributed by atoms with E-state index in [0.29, 0.717) is 22.6 Å². The van der Waals surface area contributed by atoms with Crippen LogP contribution in [0, 0.1) is 5.82 Å². The summed E-state index contributed by atoms with van der Waals surface area (Å²) < 4.78 is 18.3. The molecule has 0 radical (unpaired) electrons. The van der Waals surface area contributed by atoms with Crippen LogP contribution in [0.3, 0.4) is 0 Å². The van der Waals surface area contributed by atoms with Gasteiger partial charge >= 0.3 is 0 Å². The zero-order valence-corrected chi connectivity index (χ0v) is 17.9. The summed E-state index contributed by atoms with van der Waals surface area (Å²) in [5, 5.41) is 13.8. The maximum Gasteiger partial charge on any atom is 0.229 e. The second kappa shape index (κ2) is 10.0. The highest BCUT2D eigenvalue weighted by molar-refractivity contribution is 5.92. The molecule has 33 heavy (non-hydrogen) atoms. The second-order valence-electron chi connectivity index (χ2n) is 7.38. The minimum Gasteiger partial charge on any atom is -0.497 e. The molecular weight excluding hydrogens is 421 g/mol. The molecule has 4 aromatic rings. The molecule has 1 amide bonds. The van der Waals surface area contributed by atoms with Crippen molar-refractivity contribution in [1.29, 1.82) is 0 Å². The molecule has 0 aliphatic carbocycles. The molecule has 0 aliphatic rings. The van der Waals surface area contributed by atoms with Crippen molar-refractivity contribution in [1.82, 2.24) is 9.97 Å². The quantitative estimate of drug-likeness (QED) is 0.438. The van der Waals surface area contributed by atoms with Gasteiger partial charge in [-0.25, -0.2) is 14.4 Å². The van der Waals surface area contributed by atoms with Gasteiger partial charge < -0.3 is 15.2 Å². The van der Waals surface area contributed by atoms with E-state index >= 15 is 0 Å². The molecule has 0 saturated carbocycles. The normalized spacial score (nSPS) is 11.6. The third kappa shape index (κ3) is 5.39. The Kier molecular flexibility index (Phi) is 6.71. The number of hydrogen-bond acceptors (Lipinski definition) is 5. The number of halogens is 1. The molecule has 2 N–H and O–H groups in total. The van der Waals surface area contributed by atoms with Crippen molar-refractivity contribution in [2.24, 2.45) is 0 Å². The molecule has 4 rings (SSSR count). The van der Waals surface area contributed by atoms with Crippen molar-refractivity contribution in [3.05, 3.63) is 108 Å². The fourth-order valence-electron chi connectivity index (χ4n) is 3.35. The van der Waals surface area contributed by atoms with Crippen LogP contribution in [0.15, 0.2) is 85.1 Å². The number of nitrogens with one attached hydrogen (secondary N) is 1. The Morgan fingerprint density at radius 3 is 2.39 bits per heavy atom. The maximum atomic E-state index is 13.1. The lowest BCUT2D eigenvalue weighted by atomic mass is 10.1. The number of nitrogens with zero attached hydrogens (tertiary/aromatic N) is 2. The van der Waals surface area contributed by atoms with E-state index in [9.17, 15) is 14.3 Å². The number of benzene rings is 3. The van der Waals surface area contributed by atoms with Crippen LogP contribution in [0.2, 0.25) is 0 Å². The maximum absolute atomic E-state index is 13.1. The van der Waals surface area contributed by atoms with E-state index < -0.39 is 6.10 Å². The van der Waals surface area contributed by atoms with Gasteiger partial charge in [-0.1, -0.05) is 42.5 Å². The molecule has 0 aliphatic heterocycles. The van der Waals surface area contributed by atoms with Gasteiger partial charge in [0.1, 0.15) is 23.4 Å². The predicted molar refractivity (Wildman–Crippen MR) is 123 cm³/mol. The van der Waals surface area contributed by atoms with Crippen LogP contribution < -0.4 is 10.1 Å². The SMILES string of the molecule is COc1ccc(-c2cnc(NC(=O)Cc3ccc(F)cc3)c(C(O)c3ccccc3)n2)cc1. The average molecular weight is 443 g/mol. The largest absolute Gasteiger partial charge is 0.497 e. The Labute approximate surface area is 190 Å². The van der Waals surface area contributed by atoms with Crippen molar-refractivity contribution in [2.45, 2.75) is 12.5 Å². The van der Waals surface area contributed by atoms with Crippen LogP contribution in [-0.2, 0) is 11.2 Å². The lowest BCUT2D eigenvalue weighted by Crippen LogP contribution is -2.19. The molecule has 1 unspecified atom stereocenters. The summed E-state index contributed by atoms with van der Waals surface area (Å²) >= 11 is 0. The minimum absolute atomic E-state index is 0.0308. The average Bonchev–Trinajstić information content (AvgIpc) is 2.86. The number of aliphatic hydroxyl groups excluding tert-OH is 1. The fraction of sp³-hybridized carbons (Fsp3) is 0.115. The van der Waals surface area contributed by atoms with Crippen LogP contribution in [0.4, 0.5) is 10.2 Å². The number of ether oxygens (including phenoxy) is 1. The summed E-state index contributed by atoms with van der Waals surface area (Å²) in [4.78, 5) is 21.7. The highest BCUT2D eigenvalue weighted by Crippen LogP contribution is 2.29. The number of carbonyl (C=O) groups excluding carboxylic acids is 1. The van der Waals surface area contributed by atoms with Gasteiger partial charge in [-0.15, -0.1) is 0 Å². The van der Waals surface area contributed by atoms with E-state index in [1.807, 2.05) is 42.5 Å². The first-order valence-electron chi connectivity index (χ1n) is 10.3. The molecule has 1 atom stereocenters. The van der Waals surface area contributed by atoms with Crippen molar-refractivity contribution < 1.29 is 19.0 Å². The van der Waals surface area contributed by atoms with Crippen molar-refractivity contribution in [3.8, 4) is 17.0 Å². The summed E-state index contributed by atoms with van der Waals surface area (Å²) in [7, 11) is 1.59. The summed E-state index contributed by atoms with van der Waals surface area (Å²) in [5.74, 6) is 0.152. The Bertz CT molecular complexity index is 1230. The molecule has 0 fully saturated rings. The van der Waals surface area contributed by atoms with Gasteiger partial charge in [0, 0.05) is 5.56 Å². The van der Waals surface area contributed by atoms with Gasteiger partial charge in [-0.3, -0.25) is 4.79 Å². The topological polar surface area (TPSA) is 84.3 Å². The Morgan fingerprint density at radius 2 is 1.73 bits per heavy atom. The van der Waals surface area contributed by atoms with Gasteiger partial charge in [0.05, 0.1) is 25.4 Å². The zero-order valence-electron chi connectivity index (χ0n) is 17.9. The monoisotopic (exact) mass is 443 g/mol. The predicted octanol–water partition coefficient (Wildman–Crippen LogP) is 4.55. The summed E-state index contributed by atoms with van der Waals surface area (Å²) in [6.45, 7) is 0. The van der Waals surface area contributed by atoms with Gasteiger partial charge in [-0.05, 0) is 47.5 Å². The van der Waals surface area contributed by atoms with E-state index in [4.69, 9.17) is 4.74 Å². The lowest BCUT2D eigenvalue weighted by Gasteiger charge is -2.16. The number of aliphatic hydroxyl groups is 1. The van der Waals surface area contributed by atoms with E-state index in [0.717, 1.165) is 5.56 Å². The number of anilines is 1. The van der Waals surface area contributed by atoms with Gasteiger partial charge in [-0.2, -0.15) is 0 Å². The number of hydrogen-bond donors (Lipinski definition) is 2. The third-order valence-electron chi connectivity index (χ3n) is 5.10. The number of aromatic nitrogens is 2. The number of amides is 1. The van der Waals surface area contributed by atoms with Crippen molar-refractivity contribution in [3.63, 3.8) is 0 Å². The van der Waals surface area contributed by atoms with Crippen LogP contribution >= 0.6 is 0 Å². The molecule has 0 spiro atoms. The summed E-state index contributed by atoms with van der Waals surface area (Å²) in [5.41, 5.74) is 2.82. The van der Waals surface area contributed by atoms with Crippen molar-refractivity contribution in [2.75, 3.05) is 12.4 Å². The Balaban J connectivity index is 1.65. The van der Waals surface area contributed by atoms with Crippen molar-refractivity contribution >= 4 is 11.7 Å². The second-order valence-corrected chi connectivity index (χ2v) is 7.38. The smallest absolute Gasteiger partial charge is 0.229 e. The lowest BCUT2D eigenvalue weighted by molar-refractivity contribution is -0.115. The molecular formula is C26H22FN3O3. The van der Waals surface area contributed by atoms with Crippen LogP contribution in [0.5, 0.6) is 5.75 Å². The van der Waals surface area contributed by atoms with Gasteiger partial charge in [0.25, 0.3) is 0 Å². The summed E-state index contributed by atoms with van der Waals surface area (Å²) in [6.07, 6.45) is 0.470. The van der Waals surface area contributed by atoms with Gasteiger partial charge in [0.2, 0.25) is 5.91 Å². The number of methoxy groups -OCH3 is 1. The molecule has 166 valence electrons. The molecule has 0 bridgehead atoms. The van der Waals surface area contributed by atoms with Crippen LogP contribution in [0.25, 0.3) is 11.3 Å². The fourth-order valence-corrected chi connectivity index (χ4v) is 3.35. The first kappa shape index (κ1) is 22.1. The highest BCUT2D eigenvalue weighted by Gasteiger charge is 2.20. The van der Waals surface area contributed by atoms with E-state index in [2.05, 4.69) is 15.3 Å². The highest BCUT2D eigenvalue weighted by atomic mass is 19.1. The first-order chi connectivity index (χ1) is 16.0. The van der Waals surface area contributed by atoms with E-state index in [1.54, 1.807) is 31.4 Å². The third-order valence-corrected chi connectivity index (χ3v) is 5.10. The Morgan fingerprint density at radius 1 is 1.03 bits per heavy atom. The molecule has 3 aromatic carbocycles. The molecule has 7 heteroatoms. The Hall–Kier alpha value is -4.10. The first-order valence-corrected chi connectivity index (χ1v) is 10.3. The number of carbonyl (C=O) groups is 1. The standard InChI is InChI=1S/C26H22FN3O3/c1-33-21-13-9-18(10-14-21)22-16-28-26(24(29-22)25(32)19-5-3-2-4-6-19)30-23(31)15-17-7-11-20(27)12-8-17/h2-14,16,25,32H,15H2,1H3,(H,28,30,31). The molecule has 0 saturated heterocycles. The summed E-state index contributed by atoms with van der Waals surface area (Å²) in [6, 6.07) is 22.0. The van der Waals surface area contributed by atoms with E-state index in [-0.39, 0.29) is 29.7 Å². The van der Waals surface area contributed by atoms with Crippen LogP contribution in [-0.4, -0.2) is 28.1 Å². The van der Waals surface area contributed by atoms with Gasteiger partial charge in [0.15, 0.2) is 5.82 Å². The number of rotatable bonds is 7. The minimum atomic E-state index is -1.10. The molecule has 1 aromatic heterocycles. The zero-order chi connectivity index (χ0) is 23.2. The molecule has 1 heterocycles. The molecule has 6 nitrogen and oxygen atoms in total. The van der Waals surface area contributed by atoms with E-state index in [1.165, 1.54) is 18.3 Å².